The Balaban J connectivity index is 0.00000304. The molecule has 1 aromatic carbocycles. The van der Waals surface area contributed by atoms with E-state index < -0.39 is 16.2 Å². The molecule has 2 amide bonds. The van der Waals surface area contributed by atoms with Crippen molar-refractivity contribution in [3.63, 3.8) is 0 Å². The number of aryl methyl sites for hydroxylation is 2. The molecule has 0 atom stereocenters. The van der Waals surface area contributed by atoms with E-state index in [0.29, 0.717) is 18.5 Å². The molecule has 36 heavy (non-hydrogen) atoms. The predicted molar refractivity (Wildman–Crippen MR) is 140 cm³/mol. The number of anilines is 2. The van der Waals surface area contributed by atoms with Gasteiger partial charge in [0, 0.05) is 11.7 Å². The monoisotopic (exact) mass is 521 g/mol. The molecule has 0 unspecified atom stereocenters. The number of urea groups is 1. The van der Waals surface area contributed by atoms with Crippen LogP contribution in [0.4, 0.5) is 16.2 Å². The third kappa shape index (κ3) is 5.43. The molecule has 0 radical (unpaired) electrons. The summed E-state index contributed by atoms with van der Waals surface area (Å²) >= 11 is 0. The maximum absolute atomic E-state index is 13.6. The van der Waals surface area contributed by atoms with Crippen LogP contribution in [0.3, 0.4) is 0 Å². The number of nitriles is 1. The van der Waals surface area contributed by atoms with Gasteiger partial charge in [0.2, 0.25) is 0 Å². The number of carbonyl (C=O) groups is 1. The fraction of sp³-hybridized carbons (Fsp3) is 0.542. The molecular weight excluding hydrogens is 489 g/mol. The van der Waals surface area contributed by atoms with Crippen LogP contribution in [-0.4, -0.2) is 84.9 Å². The van der Waals surface area contributed by atoms with Crippen molar-refractivity contribution in [1.29, 1.82) is 5.26 Å². The Labute approximate surface area is 234 Å². The molecule has 1 aromatic heterocycles. The van der Waals surface area contributed by atoms with Crippen LogP contribution in [0.1, 0.15) is 47.9 Å². The number of benzene rings is 1. The second-order valence-corrected chi connectivity index (χ2v) is 11.2. The third-order valence-corrected chi connectivity index (χ3v) is 8.79. The van der Waals surface area contributed by atoms with E-state index in [4.69, 9.17) is 5.26 Å². The van der Waals surface area contributed by atoms with Gasteiger partial charge in [-0.15, -0.1) is 0 Å². The molecule has 5 rings (SSSR count). The average molecular weight is 522 g/mol. The number of rotatable bonds is 6. The summed E-state index contributed by atoms with van der Waals surface area (Å²) in [5, 5.41) is 16.0. The Morgan fingerprint density at radius 2 is 1.81 bits per heavy atom. The summed E-state index contributed by atoms with van der Waals surface area (Å²) in [5.74, 6) is 0. The molecule has 2 aliphatic carbocycles. The van der Waals surface area contributed by atoms with Crippen molar-refractivity contribution in [3.05, 3.63) is 40.7 Å². The van der Waals surface area contributed by atoms with Crippen LogP contribution in [0, 0.1) is 11.3 Å². The van der Waals surface area contributed by atoms with Crippen molar-refractivity contribution < 1.29 is 13.2 Å². The van der Waals surface area contributed by atoms with E-state index in [1.54, 1.807) is 0 Å². The van der Waals surface area contributed by atoms with Crippen LogP contribution in [0.25, 0.3) is 0 Å². The number of carbonyl (C=O) groups excluding carboxylic acids is 1. The van der Waals surface area contributed by atoms with Crippen molar-refractivity contribution >= 4 is 57.2 Å². The molecule has 2 aromatic rings. The van der Waals surface area contributed by atoms with E-state index in [-0.39, 0.29) is 42.1 Å². The van der Waals surface area contributed by atoms with Crippen LogP contribution >= 0.6 is 0 Å². The number of nitrogens with zero attached hydrogens (tertiary/aromatic N) is 5. The van der Waals surface area contributed by atoms with Crippen molar-refractivity contribution in [3.8, 4) is 6.07 Å². The van der Waals surface area contributed by atoms with Crippen LogP contribution < -0.4 is 14.3 Å². The molecule has 12 heteroatoms. The van der Waals surface area contributed by atoms with Gasteiger partial charge in [0.1, 0.15) is 6.54 Å². The van der Waals surface area contributed by atoms with Gasteiger partial charge < -0.3 is 10.2 Å². The summed E-state index contributed by atoms with van der Waals surface area (Å²) in [6, 6.07) is 3.21. The van der Waals surface area contributed by atoms with E-state index in [9.17, 15) is 13.2 Å². The zero-order valence-electron chi connectivity index (χ0n) is 20.0. The number of hydrogen-bond donors (Lipinski definition) is 2. The Morgan fingerprint density at radius 1 is 1.17 bits per heavy atom. The molecule has 3 aliphatic rings. The molecule has 188 valence electrons. The summed E-state index contributed by atoms with van der Waals surface area (Å²) in [6.45, 7) is 1.51. The molecule has 1 saturated heterocycles. The van der Waals surface area contributed by atoms with Crippen LogP contribution in [0.5, 0.6) is 0 Å². The van der Waals surface area contributed by atoms with Gasteiger partial charge >= 0.3 is 45.8 Å². The molecule has 0 spiro atoms. The van der Waals surface area contributed by atoms with Gasteiger partial charge in [-0.25, -0.2) is 13.8 Å². The topological polar surface area (TPSA) is 123 Å². The number of amides is 2. The van der Waals surface area contributed by atoms with Crippen molar-refractivity contribution in [2.75, 3.05) is 29.8 Å². The summed E-state index contributed by atoms with van der Waals surface area (Å²) in [4.78, 5) is 15.3. The number of piperidine rings is 1. The molecule has 1 fully saturated rings. The van der Waals surface area contributed by atoms with Gasteiger partial charge in [-0.3, -0.25) is 4.68 Å². The molecule has 2 N–H and O–H groups in total. The normalized spacial score (nSPS) is 17.6. The van der Waals surface area contributed by atoms with E-state index >= 15 is 0 Å². The third-order valence-electron chi connectivity index (χ3n) is 7.32. The summed E-state index contributed by atoms with van der Waals surface area (Å²) in [7, 11) is -2.22. The number of nitrogens with one attached hydrogen (secondary N) is 2. The first-order valence-corrected chi connectivity index (χ1v) is 13.7. The van der Waals surface area contributed by atoms with Crippen LogP contribution in [0.2, 0.25) is 0 Å². The summed E-state index contributed by atoms with van der Waals surface area (Å²) in [6.07, 6.45) is 10.1. The Hall–Kier alpha value is -2.10. The van der Waals surface area contributed by atoms with E-state index in [2.05, 4.69) is 26.1 Å². The van der Waals surface area contributed by atoms with Crippen molar-refractivity contribution in [2.45, 2.75) is 64.0 Å². The second kappa shape index (κ2) is 11.1. The molecule has 0 bridgehead atoms. The van der Waals surface area contributed by atoms with Gasteiger partial charge in [0.25, 0.3) is 0 Å². The predicted octanol–water partition coefficient (Wildman–Crippen LogP) is 1.70. The van der Waals surface area contributed by atoms with Gasteiger partial charge in [-0.05, 0) is 93.8 Å². The molecule has 10 nitrogen and oxygen atoms in total. The van der Waals surface area contributed by atoms with Crippen LogP contribution in [-0.2, 0) is 42.4 Å². The maximum atomic E-state index is 13.6. The fourth-order valence-corrected chi connectivity index (χ4v) is 7.03. The molecule has 2 heterocycles. The zero-order valence-corrected chi connectivity index (χ0v) is 20.8. The molecule has 1 aliphatic heterocycles. The zero-order chi connectivity index (χ0) is 24.6. The van der Waals surface area contributed by atoms with E-state index in [1.165, 1.54) is 32.5 Å². The van der Waals surface area contributed by atoms with Gasteiger partial charge in [0.05, 0.1) is 24.2 Å². The summed E-state index contributed by atoms with van der Waals surface area (Å²) in [5.41, 5.74) is 5.96. The van der Waals surface area contributed by atoms with Gasteiger partial charge in [-0.1, -0.05) is 6.07 Å². The Morgan fingerprint density at radius 3 is 2.42 bits per heavy atom. The standard InChI is InChI=1S/C24H31N7O3S.Na.H/c1-29-11-8-19(9-12-29)31(20-15-26-30(16-20)13-10-25)35(33,34)28-24(32)27-23-21-6-2-4-17(21)14-18-5-3-7-22(18)23;;/h14-16,19H,2-9,11-13H2,1H3,(H2,27,28,32);;. The SMILES string of the molecule is CN1CCC(N(c2cnn(CC#N)c2)S(=O)(=O)NC(=O)Nc2c3c(cc4c2CCC4)CCC3)CC1.[NaH]. The summed E-state index contributed by atoms with van der Waals surface area (Å²) < 4.78 is 32.1. The average Bonchev–Trinajstić information content (AvgIpc) is 3.56. The van der Waals surface area contributed by atoms with Crippen molar-refractivity contribution in [2.24, 2.45) is 0 Å². The Bertz CT molecular complexity index is 1250. The minimum atomic E-state index is -4.23. The van der Waals surface area contributed by atoms with Gasteiger partial charge in [-0.2, -0.15) is 18.8 Å². The number of likely N-dealkylation sites (tertiary alicyclic amines) is 1. The second-order valence-electron chi connectivity index (χ2n) is 9.68. The quantitative estimate of drug-likeness (QED) is 0.558. The van der Waals surface area contributed by atoms with E-state index in [1.807, 2.05) is 13.1 Å². The van der Waals surface area contributed by atoms with Gasteiger partial charge in [0.15, 0.2) is 0 Å². The van der Waals surface area contributed by atoms with E-state index in [0.717, 1.165) is 68.4 Å². The number of fused-ring (bicyclic) bond motifs is 2. The van der Waals surface area contributed by atoms with Crippen LogP contribution in [0.15, 0.2) is 18.5 Å². The first kappa shape index (κ1) is 26.9. The Kier molecular flexibility index (Phi) is 8.32. The first-order valence-electron chi connectivity index (χ1n) is 12.2. The van der Waals surface area contributed by atoms with Crippen molar-refractivity contribution in [1.82, 2.24) is 19.4 Å². The molecular formula is C24H32N7NaO3S. The number of hydrogen-bond acceptors (Lipinski definition) is 6. The fourth-order valence-electron chi connectivity index (χ4n) is 5.67. The molecule has 0 saturated carbocycles. The minimum absolute atomic E-state index is 0. The first-order chi connectivity index (χ1) is 16.9. The number of aromatic nitrogens is 2.